The summed E-state index contributed by atoms with van der Waals surface area (Å²) < 4.78 is 13.8. The molecule has 1 aliphatic heterocycles. The van der Waals surface area contributed by atoms with E-state index >= 15 is 0 Å². The molecule has 0 spiro atoms. The first-order valence-electron chi connectivity index (χ1n) is 6.32. The van der Waals surface area contributed by atoms with Crippen molar-refractivity contribution in [1.82, 2.24) is 10.2 Å². The Bertz CT molecular complexity index is 439. The van der Waals surface area contributed by atoms with Gasteiger partial charge in [-0.05, 0) is 51.5 Å². The average molecular weight is 250 g/mol. The molecule has 18 heavy (non-hydrogen) atoms. The number of likely N-dealkylation sites (tertiary alicyclic amines) is 1. The molecule has 0 unspecified atom stereocenters. The highest BCUT2D eigenvalue weighted by atomic mass is 19.1. The number of nitrogens with zero attached hydrogens (tertiary/aromatic N) is 1. The maximum atomic E-state index is 13.8. The fraction of sp³-hybridized carbons (Fsp3) is 0.500. The summed E-state index contributed by atoms with van der Waals surface area (Å²) in [5.74, 6) is -0.714. The van der Waals surface area contributed by atoms with Crippen molar-refractivity contribution < 1.29 is 9.18 Å². The highest BCUT2D eigenvalue weighted by molar-refractivity contribution is 5.94. The molecule has 1 saturated heterocycles. The fourth-order valence-corrected chi connectivity index (χ4v) is 2.24. The Morgan fingerprint density at radius 1 is 1.39 bits per heavy atom. The van der Waals surface area contributed by atoms with Crippen molar-refractivity contribution >= 4 is 5.91 Å². The van der Waals surface area contributed by atoms with E-state index in [2.05, 4.69) is 17.3 Å². The van der Waals surface area contributed by atoms with Gasteiger partial charge in [-0.25, -0.2) is 4.39 Å². The van der Waals surface area contributed by atoms with Crippen LogP contribution >= 0.6 is 0 Å². The molecule has 1 N–H and O–H groups in total. The highest BCUT2D eigenvalue weighted by Gasteiger charge is 2.20. The van der Waals surface area contributed by atoms with Gasteiger partial charge >= 0.3 is 0 Å². The van der Waals surface area contributed by atoms with Crippen LogP contribution in [0.5, 0.6) is 0 Å². The van der Waals surface area contributed by atoms with Crippen LogP contribution < -0.4 is 5.32 Å². The number of halogens is 1. The first-order valence-corrected chi connectivity index (χ1v) is 6.32. The molecule has 1 amide bonds. The maximum Gasteiger partial charge on any atom is 0.254 e. The van der Waals surface area contributed by atoms with Crippen LogP contribution in [0.2, 0.25) is 0 Å². The largest absolute Gasteiger partial charge is 0.349 e. The number of piperidine rings is 1. The Morgan fingerprint density at radius 3 is 2.72 bits per heavy atom. The molecule has 1 aliphatic rings. The second-order valence-electron chi connectivity index (χ2n) is 4.99. The molecule has 1 aromatic rings. The molecule has 2 rings (SSSR count). The van der Waals surface area contributed by atoms with Crippen LogP contribution in [-0.2, 0) is 0 Å². The Labute approximate surface area is 107 Å². The van der Waals surface area contributed by atoms with Gasteiger partial charge in [-0.3, -0.25) is 4.79 Å². The van der Waals surface area contributed by atoms with Crippen LogP contribution in [0.15, 0.2) is 18.2 Å². The van der Waals surface area contributed by atoms with Crippen LogP contribution in [0.25, 0.3) is 0 Å². The molecular weight excluding hydrogens is 231 g/mol. The lowest BCUT2D eigenvalue weighted by molar-refractivity contribution is 0.0912. The molecule has 0 atom stereocenters. The lowest BCUT2D eigenvalue weighted by Gasteiger charge is -2.29. The molecule has 0 radical (unpaired) electrons. The van der Waals surface area contributed by atoms with Gasteiger partial charge in [0, 0.05) is 6.04 Å². The van der Waals surface area contributed by atoms with Crippen molar-refractivity contribution in [2.24, 2.45) is 0 Å². The van der Waals surface area contributed by atoms with E-state index in [0.29, 0.717) is 5.56 Å². The van der Waals surface area contributed by atoms with Gasteiger partial charge in [0.25, 0.3) is 5.91 Å². The van der Waals surface area contributed by atoms with Gasteiger partial charge in [0.2, 0.25) is 0 Å². The summed E-state index contributed by atoms with van der Waals surface area (Å²) in [5, 5.41) is 2.92. The van der Waals surface area contributed by atoms with E-state index in [1.807, 2.05) is 0 Å². The number of benzene rings is 1. The van der Waals surface area contributed by atoms with Gasteiger partial charge in [0.1, 0.15) is 5.82 Å². The van der Waals surface area contributed by atoms with Crippen molar-refractivity contribution in [3.8, 4) is 0 Å². The quantitative estimate of drug-likeness (QED) is 0.870. The normalized spacial score (nSPS) is 17.7. The summed E-state index contributed by atoms with van der Waals surface area (Å²) in [5.41, 5.74) is 0.653. The van der Waals surface area contributed by atoms with E-state index in [1.54, 1.807) is 19.1 Å². The summed E-state index contributed by atoms with van der Waals surface area (Å²) in [6.07, 6.45) is 1.85. The third kappa shape index (κ3) is 2.88. The Morgan fingerprint density at radius 2 is 2.06 bits per heavy atom. The van der Waals surface area contributed by atoms with Crippen molar-refractivity contribution in [1.29, 1.82) is 0 Å². The first-order chi connectivity index (χ1) is 8.58. The van der Waals surface area contributed by atoms with Crippen LogP contribution in [-0.4, -0.2) is 37.0 Å². The molecule has 1 fully saturated rings. The van der Waals surface area contributed by atoms with Gasteiger partial charge < -0.3 is 10.2 Å². The summed E-state index contributed by atoms with van der Waals surface area (Å²) >= 11 is 0. The molecule has 1 heterocycles. The summed E-state index contributed by atoms with van der Waals surface area (Å²) in [7, 11) is 2.07. The smallest absolute Gasteiger partial charge is 0.254 e. The van der Waals surface area contributed by atoms with E-state index in [1.165, 1.54) is 6.07 Å². The molecule has 1 aromatic carbocycles. The van der Waals surface area contributed by atoms with Crippen LogP contribution in [0.3, 0.4) is 0 Å². The van der Waals surface area contributed by atoms with Crippen molar-refractivity contribution in [2.75, 3.05) is 20.1 Å². The predicted octanol–water partition coefficient (Wildman–Crippen LogP) is 1.96. The maximum absolute atomic E-state index is 13.8. The Hall–Kier alpha value is -1.42. The number of aryl methyl sites for hydroxylation is 1. The molecule has 0 bridgehead atoms. The van der Waals surface area contributed by atoms with Crippen molar-refractivity contribution in [3.05, 3.63) is 35.1 Å². The molecule has 98 valence electrons. The van der Waals surface area contributed by atoms with Crippen molar-refractivity contribution in [3.63, 3.8) is 0 Å². The number of carbonyl (C=O) groups is 1. The van der Waals surface area contributed by atoms with Crippen LogP contribution in [0.4, 0.5) is 4.39 Å². The van der Waals surface area contributed by atoms with Gasteiger partial charge in [-0.15, -0.1) is 0 Å². The molecule has 0 saturated carbocycles. The topological polar surface area (TPSA) is 32.3 Å². The van der Waals surface area contributed by atoms with Gasteiger partial charge in [0.05, 0.1) is 5.56 Å². The lowest BCUT2D eigenvalue weighted by Crippen LogP contribution is -2.43. The molecule has 3 nitrogen and oxygen atoms in total. The van der Waals surface area contributed by atoms with E-state index < -0.39 is 5.82 Å². The van der Waals surface area contributed by atoms with E-state index in [0.717, 1.165) is 25.9 Å². The standard InChI is InChI=1S/C14H19FN2O/c1-10-4-3-5-12(13(10)15)14(18)16-11-6-8-17(2)9-7-11/h3-5,11H,6-9H2,1-2H3,(H,16,18). The second-order valence-corrected chi connectivity index (χ2v) is 4.99. The third-order valence-corrected chi connectivity index (χ3v) is 3.49. The first kappa shape index (κ1) is 13.0. The summed E-state index contributed by atoms with van der Waals surface area (Å²) in [6, 6.07) is 5.07. The minimum atomic E-state index is -0.414. The van der Waals surface area contributed by atoms with Crippen LogP contribution in [0.1, 0.15) is 28.8 Å². The monoisotopic (exact) mass is 250 g/mol. The SMILES string of the molecule is Cc1cccc(C(=O)NC2CCN(C)CC2)c1F. The third-order valence-electron chi connectivity index (χ3n) is 3.49. The zero-order valence-electron chi connectivity index (χ0n) is 10.9. The zero-order valence-corrected chi connectivity index (χ0v) is 10.9. The minimum absolute atomic E-state index is 0.147. The van der Waals surface area contributed by atoms with Gasteiger partial charge in [-0.1, -0.05) is 12.1 Å². The fourth-order valence-electron chi connectivity index (χ4n) is 2.24. The van der Waals surface area contributed by atoms with Gasteiger partial charge in [-0.2, -0.15) is 0 Å². The summed E-state index contributed by atoms with van der Waals surface area (Å²) in [4.78, 5) is 14.2. The lowest BCUT2D eigenvalue weighted by atomic mass is 10.0. The van der Waals surface area contributed by atoms with Crippen molar-refractivity contribution in [2.45, 2.75) is 25.8 Å². The number of hydrogen-bond donors (Lipinski definition) is 1. The molecule has 0 aromatic heterocycles. The number of nitrogens with one attached hydrogen (secondary N) is 1. The molecule has 0 aliphatic carbocycles. The van der Waals surface area contributed by atoms with Gasteiger partial charge in [0.15, 0.2) is 0 Å². The number of hydrogen-bond acceptors (Lipinski definition) is 2. The average Bonchev–Trinajstić information content (AvgIpc) is 2.35. The highest BCUT2D eigenvalue weighted by Crippen LogP contribution is 2.14. The van der Waals surface area contributed by atoms with Crippen LogP contribution in [0, 0.1) is 12.7 Å². The number of rotatable bonds is 2. The molecular formula is C14H19FN2O. The number of amides is 1. The number of carbonyl (C=O) groups excluding carboxylic acids is 1. The zero-order chi connectivity index (χ0) is 13.1. The van der Waals surface area contributed by atoms with E-state index in [4.69, 9.17) is 0 Å². The minimum Gasteiger partial charge on any atom is -0.349 e. The summed E-state index contributed by atoms with van der Waals surface area (Å²) in [6.45, 7) is 3.62. The Kier molecular flexibility index (Phi) is 3.97. The Balaban J connectivity index is 2.01. The van der Waals surface area contributed by atoms with E-state index in [9.17, 15) is 9.18 Å². The van der Waals surface area contributed by atoms with E-state index in [-0.39, 0.29) is 17.5 Å². The predicted molar refractivity (Wildman–Crippen MR) is 69.1 cm³/mol. The second kappa shape index (κ2) is 5.48. The molecule has 4 heteroatoms.